The van der Waals surface area contributed by atoms with E-state index in [1.807, 2.05) is 0 Å². The summed E-state index contributed by atoms with van der Waals surface area (Å²) in [6.45, 7) is -0.308. The van der Waals surface area contributed by atoms with Crippen LogP contribution in [0.25, 0.3) is 6.08 Å². The average molecular weight is 326 g/mol. The second kappa shape index (κ2) is 7.42. The number of hydrogen-bond acceptors (Lipinski definition) is 8. The van der Waals surface area contributed by atoms with Gasteiger partial charge in [-0.05, 0) is 23.8 Å². The molecule has 1 aromatic rings. The molecule has 4 N–H and O–H groups in total. The Hall–Kier alpha value is -2.13. The van der Waals surface area contributed by atoms with E-state index in [0.29, 0.717) is 5.56 Å². The van der Waals surface area contributed by atoms with Gasteiger partial charge in [0.05, 0.1) is 7.11 Å². The second-order valence-electron chi connectivity index (χ2n) is 4.94. The summed E-state index contributed by atoms with van der Waals surface area (Å²) >= 11 is 0. The van der Waals surface area contributed by atoms with Gasteiger partial charge in [-0.2, -0.15) is 0 Å². The first-order valence-electron chi connectivity index (χ1n) is 6.84. The third-order valence-corrected chi connectivity index (χ3v) is 3.34. The topological polar surface area (TPSA) is 126 Å². The van der Waals surface area contributed by atoms with Gasteiger partial charge in [-0.15, -0.1) is 0 Å². The van der Waals surface area contributed by atoms with Crippen LogP contribution in [0.1, 0.15) is 5.56 Å². The van der Waals surface area contributed by atoms with Gasteiger partial charge in [0.25, 0.3) is 0 Å². The number of esters is 1. The van der Waals surface area contributed by atoms with Gasteiger partial charge in [0, 0.05) is 6.08 Å². The molecule has 8 heteroatoms. The first kappa shape index (κ1) is 17.2. The van der Waals surface area contributed by atoms with E-state index in [-0.39, 0.29) is 18.1 Å². The van der Waals surface area contributed by atoms with E-state index in [4.69, 9.17) is 14.2 Å². The number of phenolic OH excluding ortho intramolecular Hbond substituents is 1. The Balaban J connectivity index is 1.87. The average Bonchev–Trinajstić information content (AvgIpc) is 2.79. The summed E-state index contributed by atoms with van der Waals surface area (Å²) in [4.78, 5) is 11.6. The van der Waals surface area contributed by atoms with Crippen LogP contribution in [0.5, 0.6) is 11.5 Å². The van der Waals surface area contributed by atoms with E-state index < -0.39 is 30.6 Å². The fourth-order valence-corrected chi connectivity index (χ4v) is 2.04. The molecule has 23 heavy (non-hydrogen) atoms. The summed E-state index contributed by atoms with van der Waals surface area (Å²) in [5.41, 5.74) is 0.611. The number of hydrogen-bond donors (Lipinski definition) is 4. The van der Waals surface area contributed by atoms with Crippen molar-refractivity contribution in [3.63, 3.8) is 0 Å². The van der Waals surface area contributed by atoms with Gasteiger partial charge in [0.1, 0.15) is 24.9 Å². The van der Waals surface area contributed by atoms with Crippen molar-refractivity contribution in [1.29, 1.82) is 0 Å². The van der Waals surface area contributed by atoms with Crippen molar-refractivity contribution in [2.75, 3.05) is 13.7 Å². The van der Waals surface area contributed by atoms with E-state index in [2.05, 4.69) is 0 Å². The van der Waals surface area contributed by atoms with Gasteiger partial charge < -0.3 is 34.6 Å². The second-order valence-corrected chi connectivity index (χ2v) is 4.94. The summed E-state index contributed by atoms with van der Waals surface area (Å²) in [6.07, 6.45) is -2.65. The standard InChI is InChI=1S/C15H18O8/c1-21-10-6-8(2-4-9(10)16)3-5-12(17)22-7-11-13(18)14(19)15(20)23-11/h2-6,11,13-16,18-20H,7H2,1H3/b5-3+/t11-,13-,14-,15+/m0/s1. The van der Waals surface area contributed by atoms with E-state index >= 15 is 0 Å². The van der Waals surface area contributed by atoms with Gasteiger partial charge >= 0.3 is 5.97 Å². The van der Waals surface area contributed by atoms with Gasteiger partial charge in [0.2, 0.25) is 0 Å². The molecule has 2 rings (SSSR count). The molecule has 1 aromatic carbocycles. The number of rotatable bonds is 5. The highest BCUT2D eigenvalue weighted by molar-refractivity contribution is 5.87. The molecule has 0 spiro atoms. The Morgan fingerprint density at radius 1 is 1.30 bits per heavy atom. The van der Waals surface area contributed by atoms with Crippen molar-refractivity contribution in [2.45, 2.75) is 24.6 Å². The van der Waals surface area contributed by atoms with Crippen LogP contribution >= 0.6 is 0 Å². The molecule has 1 saturated heterocycles. The maximum Gasteiger partial charge on any atom is 0.330 e. The van der Waals surface area contributed by atoms with Crippen LogP contribution in [0.4, 0.5) is 0 Å². The van der Waals surface area contributed by atoms with E-state index in [9.17, 15) is 25.2 Å². The highest BCUT2D eigenvalue weighted by Crippen LogP contribution is 2.26. The van der Waals surface area contributed by atoms with Gasteiger partial charge in [-0.25, -0.2) is 4.79 Å². The van der Waals surface area contributed by atoms with Gasteiger partial charge in [-0.3, -0.25) is 0 Å². The molecule has 0 bridgehead atoms. The lowest BCUT2D eigenvalue weighted by Crippen LogP contribution is -2.34. The van der Waals surface area contributed by atoms with Crippen molar-refractivity contribution in [2.24, 2.45) is 0 Å². The van der Waals surface area contributed by atoms with Crippen LogP contribution in [0.2, 0.25) is 0 Å². The van der Waals surface area contributed by atoms with Crippen molar-refractivity contribution in [1.82, 2.24) is 0 Å². The first-order valence-corrected chi connectivity index (χ1v) is 6.84. The summed E-state index contributed by atoms with van der Waals surface area (Å²) < 4.78 is 14.7. The Labute approximate surface area is 132 Å². The lowest BCUT2D eigenvalue weighted by atomic mass is 10.1. The Kier molecular flexibility index (Phi) is 5.56. The normalized spacial score (nSPS) is 27.3. The molecule has 0 unspecified atom stereocenters. The molecule has 0 amide bonds. The number of aromatic hydroxyl groups is 1. The minimum absolute atomic E-state index is 0.0169. The number of carbonyl (C=O) groups excluding carboxylic acids is 1. The molecule has 1 fully saturated rings. The molecule has 126 valence electrons. The van der Waals surface area contributed by atoms with Gasteiger partial charge in [-0.1, -0.05) is 6.07 Å². The van der Waals surface area contributed by atoms with Crippen LogP contribution in [-0.2, 0) is 14.3 Å². The minimum atomic E-state index is -1.51. The molecule has 0 saturated carbocycles. The van der Waals surface area contributed by atoms with Crippen LogP contribution in [-0.4, -0.2) is 64.7 Å². The third-order valence-electron chi connectivity index (χ3n) is 3.34. The zero-order valence-electron chi connectivity index (χ0n) is 12.3. The molecule has 0 aliphatic carbocycles. The lowest BCUT2D eigenvalue weighted by molar-refractivity contribution is -0.153. The maximum absolute atomic E-state index is 11.6. The third kappa shape index (κ3) is 4.20. The molecule has 1 aliphatic rings. The number of carbonyl (C=O) groups is 1. The quantitative estimate of drug-likeness (QED) is 0.417. The van der Waals surface area contributed by atoms with Crippen molar-refractivity contribution in [3.05, 3.63) is 29.8 Å². The van der Waals surface area contributed by atoms with E-state index in [1.165, 1.54) is 25.3 Å². The van der Waals surface area contributed by atoms with Gasteiger partial charge in [0.15, 0.2) is 17.8 Å². The van der Waals surface area contributed by atoms with Crippen molar-refractivity contribution in [3.8, 4) is 11.5 Å². The maximum atomic E-state index is 11.6. The lowest BCUT2D eigenvalue weighted by Gasteiger charge is -2.13. The number of methoxy groups -OCH3 is 1. The Bertz CT molecular complexity index is 585. The molecule has 0 aromatic heterocycles. The van der Waals surface area contributed by atoms with Crippen molar-refractivity contribution < 1.29 is 39.4 Å². The smallest absolute Gasteiger partial charge is 0.330 e. The van der Waals surface area contributed by atoms with Crippen LogP contribution < -0.4 is 4.74 Å². The van der Waals surface area contributed by atoms with Crippen LogP contribution in [0.15, 0.2) is 24.3 Å². The summed E-state index contributed by atoms with van der Waals surface area (Å²) in [5, 5.41) is 37.5. The predicted octanol–water partition coefficient (Wildman–Crippen LogP) is -0.604. The Morgan fingerprint density at radius 3 is 2.65 bits per heavy atom. The number of aliphatic hydroxyl groups excluding tert-OH is 3. The highest BCUT2D eigenvalue weighted by atomic mass is 16.7. The van der Waals surface area contributed by atoms with Crippen molar-refractivity contribution >= 4 is 12.0 Å². The molecule has 1 aliphatic heterocycles. The zero-order chi connectivity index (χ0) is 17.0. The summed E-state index contributed by atoms with van der Waals surface area (Å²) in [6, 6.07) is 4.54. The number of phenols is 1. The van der Waals surface area contributed by atoms with E-state index in [0.717, 1.165) is 6.08 Å². The molecule has 8 nitrogen and oxygen atoms in total. The number of benzene rings is 1. The highest BCUT2D eigenvalue weighted by Gasteiger charge is 2.42. The van der Waals surface area contributed by atoms with Crippen LogP contribution in [0, 0.1) is 0 Å². The predicted molar refractivity (Wildman–Crippen MR) is 77.5 cm³/mol. The minimum Gasteiger partial charge on any atom is -0.504 e. The SMILES string of the molecule is COc1cc(/C=C/C(=O)OC[C@@H]2O[C@@H](O)[C@@H](O)[C@H]2O)ccc1O. The molecule has 1 heterocycles. The molecular weight excluding hydrogens is 308 g/mol. The van der Waals surface area contributed by atoms with Crippen LogP contribution in [0.3, 0.4) is 0 Å². The molecule has 0 radical (unpaired) electrons. The first-order chi connectivity index (χ1) is 10.9. The van der Waals surface area contributed by atoms with E-state index in [1.54, 1.807) is 6.07 Å². The Morgan fingerprint density at radius 2 is 2.04 bits per heavy atom. The summed E-state index contributed by atoms with van der Waals surface area (Å²) in [7, 11) is 1.41. The largest absolute Gasteiger partial charge is 0.504 e. The fourth-order valence-electron chi connectivity index (χ4n) is 2.04. The fraction of sp³-hybridized carbons (Fsp3) is 0.400. The molecular formula is C15H18O8. The number of aliphatic hydroxyl groups is 3. The zero-order valence-corrected chi connectivity index (χ0v) is 12.3. The molecule has 4 atom stereocenters. The number of ether oxygens (including phenoxy) is 3. The monoisotopic (exact) mass is 326 g/mol. The summed E-state index contributed by atoms with van der Waals surface area (Å²) in [5.74, 6) is -0.439.